The SMILES string of the molecule is Cc1cc(I)ccc1NCC(=O)NN=C1CCCCC1C. The number of nitrogens with zero attached hydrogens (tertiary/aromatic N) is 1. The van der Waals surface area contributed by atoms with E-state index in [-0.39, 0.29) is 12.5 Å². The lowest BCUT2D eigenvalue weighted by molar-refractivity contribution is -0.119. The molecule has 0 spiro atoms. The molecular formula is C16H22IN3O. The van der Waals surface area contributed by atoms with Gasteiger partial charge in [0.2, 0.25) is 0 Å². The largest absolute Gasteiger partial charge is 0.376 e. The van der Waals surface area contributed by atoms with E-state index in [1.54, 1.807) is 0 Å². The molecule has 0 aliphatic heterocycles. The van der Waals surface area contributed by atoms with Crippen molar-refractivity contribution >= 4 is 39.9 Å². The number of aryl methyl sites for hydroxylation is 1. The Balaban J connectivity index is 1.83. The van der Waals surface area contributed by atoms with Crippen LogP contribution >= 0.6 is 22.6 Å². The van der Waals surface area contributed by atoms with Crippen LogP contribution in [-0.4, -0.2) is 18.2 Å². The highest BCUT2D eigenvalue weighted by atomic mass is 127. The number of rotatable bonds is 4. The maximum Gasteiger partial charge on any atom is 0.259 e. The molecule has 1 aromatic rings. The van der Waals surface area contributed by atoms with E-state index >= 15 is 0 Å². The van der Waals surface area contributed by atoms with Crippen LogP contribution in [0.4, 0.5) is 5.69 Å². The van der Waals surface area contributed by atoms with Crippen LogP contribution in [0.25, 0.3) is 0 Å². The van der Waals surface area contributed by atoms with Gasteiger partial charge in [-0.1, -0.05) is 13.3 Å². The van der Waals surface area contributed by atoms with Crippen LogP contribution < -0.4 is 10.7 Å². The van der Waals surface area contributed by atoms with Crippen molar-refractivity contribution in [2.75, 3.05) is 11.9 Å². The molecule has 21 heavy (non-hydrogen) atoms. The maximum absolute atomic E-state index is 11.9. The fourth-order valence-corrected chi connectivity index (χ4v) is 3.16. The van der Waals surface area contributed by atoms with Crippen LogP contribution in [0.1, 0.15) is 38.2 Å². The number of halogens is 1. The molecule has 5 heteroatoms. The van der Waals surface area contributed by atoms with Crippen LogP contribution in [0.5, 0.6) is 0 Å². The quantitative estimate of drug-likeness (QED) is 0.600. The summed E-state index contributed by atoms with van der Waals surface area (Å²) in [6.07, 6.45) is 4.63. The second-order valence-electron chi connectivity index (χ2n) is 5.60. The highest BCUT2D eigenvalue weighted by molar-refractivity contribution is 14.1. The van der Waals surface area contributed by atoms with Gasteiger partial charge in [-0.05, 0) is 78.5 Å². The second-order valence-corrected chi connectivity index (χ2v) is 6.84. The van der Waals surface area contributed by atoms with Crippen LogP contribution in [0.3, 0.4) is 0 Å². The van der Waals surface area contributed by atoms with Gasteiger partial charge in [-0.15, -0.1) is 0 Å². The average molecular weight is 399 g/mol. The minimum atomic E-state index is -0.0989. The van der Waals surface area contributed by atoms with Crippen molar-refractivity contribution in [3.05, 3.63) is 27.3 Å². The first-order valence-electron chi connectivity index (χ1n) is 7.41. The highest BCUT2D eigenvalue weighted by Gasteiger charge is 2.16. The predicted octanol–water partition coefficient (Wildman–Crippen LogP) is 3.69. The third-order valence-electron chi connectivity index (χ3n) is 3.84. The molecule has 1 aromatic carbocycles. The minimum absolute atomic E-state index is 0.0989. The van der Waals surface area contributed by atoms with Gasteiger partial charge in [-0.3, -0.25) is 4.79 Å². The van der Waals surface area contributed by atoms with E-state index in [0.717, 1.165) is 23.4 Å². The molecule has 2 rings (SSSR count). The first-order valence-corrected chi connectivity index (χ1v) is 8.49. The fraction of sp³-hybridized carbons (Fsp3) is 0.500. The molecule has 4 nitrogen and oxygen atoms in total. The lowest BCUT2D eigenvalue weighted by Crippen LogP contribution is -2.29. The number of hydrogen-bond donors (Lipinski definition) is 2. The summed E-state index contributed by atoms with van der Waals surface area (Å²) in [6.45, 7) is 4.45. The Morgan fingerprint density at radius 3 is 2.95 bits per heavy atom. The summed E-state index contributed by atoms with van der Waals surface area (Å²) in [5.41, 5.74) is 5.92. The van der Waals surface area contributed by atoms with E-state index in [9.17, 15) is 4.79 Å². The van der Waals surface area contributed by atoms with Crippen LogP contribution in [0.2, 0.25) is 0 Å². The molecule has 0 aromatic heterocycles. The number of anilines is 1. The Hall–Kier alpha value is -1.11. The van der Waals surface area contributed by atoms with Crippen LogP contribution in [-0.2, 0) is 4.79 Å². The summed E-state index contributed by atoms with van der Waals surface area (Å²) in [6, 6.07) is 6.11. The number of benzene rings is 1. The lowest BCUT2D eigenvalue weighted by atomic mass is 9.89. The van der Waals surface area contributed by atoms with Crippen molar-refractivity contribution in [3.8, 4) is 0 Å². The molecular weight excluding hydrogens is 377 g/mol. The predicted molar refractivity (Wildman–Crippen MR) is 95.6 cm³/mol. The highest BCUT2D eigenvalue weighted by Crippen LogP contribution is 2.20. The average Bonchev–Trinajstić information content (AvgIpc) is 2.45. The monoisotopic (exact) mass is 399 g/mol. The van der Waals surface area contributed by atoms with E-state index < -0.39 is 0 Å². The number of nitrogens with one attached hydrogen (secondary N) is 2. The Bertz CT molecular complexity index is 542. The van der Waals surface area contributed by atoms with Crippen molar-refractivity contribution in [1.82, 2.24) is 5.43 Å². The Kier molecular flexibility index (Phi) is 6.02. The van der Waals surface area contributed by atoms with Gasteiger partial charge in [0, 0.05) is 15.0 Å². The number of hydrazone groups is 1. The third kappa shape index (κ3) is 4.98. The molecule has 1 atom stereocenters. The Labute approximate surface area is 139 Å². The molecule has 0 heterocycles. The third-order valence-corrected chi connectivity index (χ3v) is 4.51. The standard InChI is InChI=1S/C16H22IN3O/c1-11-5-3-4-6-15(11)19-20-16(21)10-18-14-8-7-13(17)9-12(14)2/h7-9,11,18H,3-6,10H2,1-2H3,(H,20,21). The molecule has 1 fully saturated rings. The topological polar surface area (TPSA) is 53.5 Å². The number of hydrogen-bond acceptors (Lipinski definition) is 3. The molecule has 1 saturated carbocycles. The minimum Gasteiger partial charge on any atom is -0.376 e. The summed E-state index contributed by atoms with van der Waals surface area (Å²) in [4.78, 5) is 11.9. The Morgan fingerprint density at radius 2 is 2.24 bits per heavy atom. The maximum atomic E-state index is 11.9. The van der Waals surface area contributed by atoms with Crippen molar-refractivity contribution in [3.63, 3.8) is 0 Å². The normalized spacial score (nSPS) is 20.3. The number of carbonyl (C=O) groups is 1. The smallest absolute Gasteiger partial charge is 0.259 e. The zero-order valence-electron chi connectivity index (χ0n) is 12.6. The van der Waals surface area contributed by atoms with Gasteiger partial charge in [0.05, 0.1) is 6.54 Å². The first-order chi connectivity index (χ1) is 10.1. The molecule has 114 valence electrons. The molecule has 1 unspecified atom stereocenters. The first kappa shape index (κ1) is 16.3. The van der Waals surface area contributed by atoms with Gasteiger partial charge in [0.25, 0.3) is 5.91 Å². The molecule has 1 aliphatic rings. The summed E-state index contributed by atoms with van der Waals surface area (Å²) in [5, 5.41) is 7.44. The van der Waals surface area contributed by atoms with E-state index in [1.165, 1.54) is 22.8 Å². The van der Waals surface area contributed by atoms with E-state index in [2.05, 4.69) is 51.4 Å². The molecule has 1 amide bonds. The van der Waals surface area contributed by atoms with E-state index in [0.29, 0.717) is 5.92 Å². The summed E-state index contributed by atoms with van der Waals surface area (Å²) < 4.78 is 1.19. The van der Waals surface area contributed by atoms with E-state index in [4.69, 9.17) is 0 Å². The molecule has 1 aliphatic carbocycles. The van der Waals surface area contributed by atoms with Crippen LogP contribution in [0.15, 0.2) is 23.3 Å². The Morgan fingerprint density at radius 1 is 1.43 bits per heavy atom. The van der Waals surface area contributed by atoms with Crippen LogP contribution in [0, 0.1) is 16.4 Å². The van der Waals surface area contributed by atoms with Gasteiger partial charge in [-0.25, -0.2) is 5.43 Å². The summed E-state index contributed by atoms with van der Waals surface area (Å²) >= 11 is 2.28. The number of carbonyl (C=O) groups excluding carboxylic acids is 1. The van der Waals surface area contributed by atoms with Crippen molar-refractivity contribution in [1.29, 1.82) is 0 Å². The van der Waals surface area contributed by atoms with Gasteiger partial charge < -0.3 is 5.32 Å². The van der Waals surface area contributed by atoms with Gasteiger partial charge >= 0.3 is 0 Å². The van der Waals surface area contributed by atoms with Gasteiger partial charge in [0.1, 0.15) is 0 Å². The number of amides is 1. The van der Waals surface area contributed by atoms with Crippen molar-refractivity contribution in [2.24, 2.45) is 11.0 Å². The van der Waals surface area contributed by atoms with Crippen molar-refractivity contribution < 1.29 is 4.79 Å². The second kappa shape index (κ2) is 7.77. The van der Waals surface area contributed by atoms with Gasteiger partial charge in [0.15, 0.2) is 0 Å². The summed E-state index contributed by atoms with van der Waals surface area (Å²) in [5.74, 6) is 0.392. The molecule has 0 radical (unpaired) electrons. The van der Waals surface area contributed by atoms with Gasteiger partial charge in [-0.2, -0.15) is 5.10 Å². The molecule has 2 N–H and O–H groups in total. The lowest BCUT2D eigenvalue weighted by Gasteiger charge is -2.19. The van der Waals surface area contributed by atoms with E-state index in [1.807, 2.05) is 19.1 Å². The zero-order chi connectivity index (χ0) is 15.2. The van der Waals surface area contributed by atoms with Crippen molar-refractivity contribution in [2.45, 2.75) is 39.5 Å². The zero-order valence-corrected chi connectivity index (χ0v) is 14.7. The molecule has 0 bridgehead atoms. The fourth-order valence-electron chi connectivity index (χ4n) is 2.51. The summed E-state index contributed by atoms with van der Waals surface area (Å²) in [7, 11) is 0. The molecule has 0 saturated heterocycles.